The quantitative estimate of drug-likeness (QED) is 0.550. The molecule has 1 heterocycles. The Morgan fingerprint density at radius 1 is 1.31 bits per heavy atom. The van der Waals surface area contributed by atoms with E-state index in [1.807, 2.05) is 4.90 Å². The Morgan fingerprint density at radius 3 is 2.69 bits per heavy atom. The summed E-state index contributed by atoms with van der Waals surface area (Å²) in [4.78, 5) is 13.1. The summed E-state index contributed by atoms with van der Waals surface area (Å²) in [6.45, 7) is 3.48. The molecule has 2 atom stereocenters. The average molecular weight is 177 g/mol. The molecule has 1 amide bonds. The second kappa shape index (κ2) is 3.36. The summed E-state index contributed by atoms with van der Waals surface area (Å²) in [6, 6.07) is 0. The topological polar surface area (TPSA) is 20.3 Å². The molecule has 2 heteroatoms. The van der Waals surface area contributed by atoms with Gasteiger partial charge in [0, 0.05) is 25.9 Å². The SMILES string of the molecule is CC(=O)N1CCC2C=CC=CC2C1. The maximum Gasteiger partial charge on any atom is 0.219 e. The first-order valence-electron chi connectivity index (χ1n) is 4.88. The first kappa shape index (κ1) is 8.54. The molecule has 0 aromatic carbocycles. The third kappa shape index (κ3) is 1.67. The van der Waals surface area contributed by atoms with Gasteiger partial charge in [0.2, 0.25) is 5.91 Å². The number of carbonyl (C=O) groups excluding carboxylic acids is 1. The smallest absolute Gasteiger partial charge is 0.219 e. The highest BCUT2D eigenvalue weighted by molar-refractivity contribution is 5.73. The van der Waals surface area contributed by atoms with Crippen LogP contribution in [0.25, 0.3) is 0 Å². The first-order valence-corrected chi connectivity index (χ1v) is 4.88. The van der Waals surface area contributed by atoms with E-state index < -0.39 is 0 Å². The average Bonchev–Trinajstić information content (AvgIpc) is 2.17. The summed E-state index contributed by atoms with van der Waals surface area (Å²) in [5.41, 5.74) is 0. The Morgan fingerprint density at radius 2 is 2.00 bits per heavy atom. The van der Waals surface area contributed by atoms with Crippen molar-refractivity contribution in [3.05, 3.63) is 24.3 Å². The molecule has 0 radical (unpaired) electrons. The number of hydrogen-bond acceptors (Lipinski definition) is 1. The van der Waals surface area contributed by atoms with E-state index in [9.17, 15) is 4.79 Å². The normalized spacial score (nSPS) is 31.6. The van der Waals surface area contributed by atoms with Gasteiger partial charge in [-0.05, 0) is 12.3 Å². The highest BCUT2D eigenvalue weighted by atomic mass is 16.2. The third-order valence-corrected chi connectivity index (χ3v) is 2.99. The van der Waals surface area contributed by atoms with E-state index in [0.29, 0.717) is 11.8 Å². The summed E-state index contributed by atoms with van der Waals surface area (Å²) >= 11 is 0. The lowest BCUT2D eigenvalue weighted by atomic mass is 9.83. The molecule has 0 saturated carbocycles. The van der Waals surface area contributed by atoms with Crippen molar-refractivity contribution >= 4 is 5.91 Å². The standard InChI is InChI=1S/C11H15NO/c1-9(13)12-7-6-10-4-2-3-5-11(10)8-12/h2-5,10-11H,6-8H2,1H3. The van der Waals surface area contributed by atoms with E-state index in [-0.39, 0.29) is 5.91 Å². The summed E-state index contributed by atoms with van der Waals surface area (Å²) < 4.78 is 0. The fraction of sp³-hybridized carbons (Fsp3) is 0.545. The number of rotatable bonds is 0. The molecule has 2 unspecified atom stereocenters. The van der Waals surface area contributed by atoms with Crippen LogP contribution in [0.2, 0.25) is 0 Å². The van der Waals surface area contributed by atoms with Crippen LogP contribution in [-0.2, 0) is 4.79 Å². The molecule has 1 saturated heterocycles. The van der Waals surface area contributed by atoms with E-state index in [4.69, 9.17) is 0 Å². The molecular weight excluding hydrogens is 162 g/mol. The van der Waals surface area contributed by atoms with Crippen molar-refractivity contribution in [1.29, 1.82) is 0 Å². The molecule has 2 rings (SSSR count). The van der Waals surface area contributed by atoms with Gasteiger partial charge in [0.25, 0.3) is 0 Å². The van der Waals surface area contributed by atoms with E-state index >= 15 is 0 Å². The van der Waals surface area contributed by atoms with Crippen LogP contribution in [0.15, 0.2) is 24.3 Å². The number of carbonyl (C=O) groups is 1. The molecule has 1 aliphatic heterocycles. The maximum absolute atomic E-state index is 11.2. The van der Waals surface area contributed by atoms with Crippen molar-refractivity contribution in [2.45, 2.75) is 13.3 Å². The van der Waals surface area contributed by atoms with Crippen molar-refractivity contribution < 1.29 is 4.79 Å². The van der Waals surface area contributed by atoms with Crippen molar-refractivity contribution in [3.63, 3.8) is 0 Å². The van der Waals surface area contributed by atoms with E-state index in [1.165, 1.54) is 0 Å². The minimum absolute atomic E-state index is 0.210. The molecule has 13 heavy (non-hydrogen) atoms. The predicted octanol–water partition coefficient (Wildman–Crippen LogP) is 1.60. The van der Waals surface area contributed by atoms with Crippen LogP contribution >= 0.6 is 0 Å². The van der Waals surface area contributed by atoms with Gasteiger partial charge >= 0.3 is 0 Å². The third-order valence-electron chi connectivity index (χ3n) is 2.99. The molecule has 0 spiro atoms. The van der Waals surface area contributed by atoms with Crippen molar-refractivity contribution in [2.24, 2.45) is 11.8 Å². The number of hydrogen-bond donors (Lipinski definition) is 0. The van der Waals surface area contributed by atoms with Crippen molar-refractivity contribution in [3.8, 4) is 0 Å². The Kier molecular flexibility index (Phi) is 2.21. The van der Waals surface area contributed by atoms with Gasteiger partial charge < -0.3 is 4.90 Å². The number of likely N-dealkylation sites (tertiary alicyclic amines) is 1. The van der Waals surface area contributed by atoms with Crippen LogP contribution in [0.5, 0.6) is 0 Å². The largest absolute Gasteiger partial charge is 0.342 e. The second-order valence-electron chi connectivity index (χ2n) is 3.85. The number of allylic oxidation sites excluding steroid dienone is 3. The van der Waals surface area contributed by atoms with E-state index in [2.05, 4.69) is 24.3 Å². The lowest BCUT2D eigenvalue weighted by Gasteiger charge is -2.36. The maximum atomic E-state index is 11.2. The predicted molar refractivity (Wildman–Crippen MR) is 52.1 cm³/mol. The van der Waals surface area contributed by atoms with Gasteiger partial charge in [0.05, 0.1) is 0 Å². The van der Waals surface area contributed by atoms with Gasteiger partial charge in [0.1, 0.15) is 0 Å². The van der Waals surface area contributed by atoms with Gasteiger partial charge in [-0.25, -0.2) is 0 Å². The number of piperidine rings is 1. The zero-order valence-electron chi connectivity index (χ0n) is 7.94. The highest BCUT2D eigenvalue weighted by Gasteiger charge is 2.27. The number of amides is 1. The van der Waals surface area contributed by atoms with Crippen molar-refractivity contribution in [2.75, 3.05) is 13.1 Å². The fourth-order valence-corrected chi connectivity index (χ4v) is 2.14. The van der Waals surface area contributed by atoms with Crippen LogP contribution in [0, 0.1) is 11.8 Å². The molecule has 0 bridgehead atoms. The zero-order chi connectivity index (χ0) is 9.26. The van der Waals surface area contributed by atoms with Gasteiger partial charge in [-0.15, -0.1) is 0 Å². The molecule has 70 valence electrons. The van der Waals surface area contributed by atoms with Crippen LogP contribution < -0.4 is 0 Å². The Labute approximate surface area is 78.9 Å². The van der Waals surface area contributed by atoms with E-state index in [0.717, 1.165) is 19.5 Å². The summed E-state index contributed by atoms with van der Waals surface area (Å²) in [5, 5.41) is 0. The van der Waals surface area contributed by atoms with Crippen molar-refractivity contribution in [1.82, 2.24) is 4.90 Å². The second-order valence-corrected chi connectivity index (χ2v) is 3.85. The summed E-state index contributed by atoms with van der Waals surface area (Å²) in [5.74, 6) is 1.43. The molecule has 2 aliphatic rings. The summed E-state index contributed by atoms with van der Waals surface area (Å²) in [7, 11) is 0. The van der Waals surface area contributed by atoms with Gasteiger partial charge in [-0.1, -0.05) is 24.3 Å². The molecule has 1 aliphatic carbocycles. The first-order chi connectivity index (χ1) is 6.27. The lowest BCUT2D eigenvalue weighted by Crippen LogP contribution is -2.42. The minimum Gasteiger partial charge on any atom is -0.342 e. The number of fused-ring (bicyclic) bond motifs is 1. The van der Waals surface area contributed by atoms with Gasteiger partial charge in [-0.2, -0.15) is 0 Å². The Bertz CT molecular complexity index is 267. The monoisotopic (exact) mass is 177 g/mol. The Balaban J connectivity index is 2.04. The van der Waals surface area contributed by atoms with Crippen LogP contribution in [0.3, 0.4) is 0 Å². The number of nitrogens with zero attached hydrogens (tertiary/aromatic N) is 1. The fourth-order valence-electron chi connectivity index (χ4n) is 2.14. The zero-order valence-corrected chi connectivity index (χ0v) is 7.94. The van der Waals surface area contributed by atoms with Crippen LogP contribution in [0.4, 0.5) is 0 Å². The molecule has 1 fully saturated rings. The van der Waals surface area contributed by atoms with Crippen LogP contribution in [0.1, 0.15) is 13.3 Å². The molecular formula is C11H15NO. The minimum atomic E-state index is 0.210. The van der Waals surface area contributed by atoms with Crippen LogP contribution in [-0.4, -0.2) is 23.9 Å². The summed E-state index contributed by atoms with van der Waals surface area (Å²) in [6.07, 6.45) is 9.81. The lowest BCUT2D eigenvalue weighted by molar-refractivity contribution is -0.130. The van der Waals surface area contributed by atoms with E-state index in [1.54, 1.807) is 6.92 Å². The molecule has 0 aromatic rings. The molecule has 2 nitrogen and oxygen atoms in total. The molecule has 0 aromatic heterocycles. The van der Waals surface area contributed by atoms with Gasteiger partial charge in [0.15, 0.2) is 0 Å². The van der Waals surface area contributed by atoms with Gasteiger partial charge in [-0.3, -0.25) is 4.79 Å². The Hall–Kier alpha value is -1.05. The molecule has 0 N–H and O–H groups in total. The highest BCUT2D eigenvalue weighted by Crippen LogP contribution is 2.28.